The molecule has 1 aliphatic rings. The van der Waals surface area contributed by atoms with Gasteiger partial charge >= 0.3 is 0 Å². The molecule has 1 aromatic heterocycles. The lowest BCUT2D eigenvalue weighted by Gasteiger charge is -2.26. The molecule has 4 rings (SSSR count). The molecule has 29 heavy (non-hydrogen) atoms. The molecule has 0 saturated carbocycles. The Morgan fingerprint density at radius 3 is 2.41 bits per heavy atom. The first-order valence-electron chi connectivity index (χ1n) is 8.98. The van der Waals surface area contributed by atoms with E-state index in [9.17, 15) is 8.42 Å². The third-order valence-electron chi connectivity index (χ3n) is 4.61. The van der Waals surface area contributed by atoms with Gasteiger partial charge in [0.1, 0.15) is 5.75 Å². The minimum atomic E-state index is -3.90. The maximum absolute atomic E-state index is 13.4. The van der Waals surface area contributed by atoms with Crippen LogP contribution in [0.4, 0.5) is 5.88 Å². The van der Waals surface area contributed by atoms with E-state index in [1.54, 1.807) is 12.1 Å². The van der Waals surface area contributed by atoms with Crippen molar-refractivity contribution in [3.05, 3.63) is 53.0 Å². The summed E-state index contributed by atoms with van der Waals surface area (Å²) in [7, 11) is -2.37. The first-order chi connectivity index (χ1) is 14.0. The molecule has 2 heterocycles. The van der Waals surface area contributed by atoms with Crippen molar-refractivity contribution in [2.45, 2.75) is 9.92 Å². The van der Waals surface area contributed by atoms with Gasteiger partial charge in [-0.15, -0.1) is 0 Å². The number of nitrogens with zero attached hydrogens (tertiary/aromatic N) is 2. The molecule has 0 N–H and O–H groups in total. The summed E-state index contributed by atoms with van der Waals surface area (Å²) in [5.74, 6) is 1.05. The molecule has 2 aromatic carbocycles. The maximum Gasteiger partial charge on any atom is 0.236 e. The number of rotatable bonds is 5. The molecule has 0 aliphatic carbocycles. The van der Waals surface area contributed by atoms with Crippen LogP contribution < -0.4 is 9.64 Å². The summed E-state index contributed by atoms with van der Waals surface area (Å²) in [6.07, 6.45) is 0. The lowest BCUT2D eigenvalue weighted by atomic mass is 10.2. The number of morpholine rings is 1. The zero-order valence-electron chi connectivity index (χ0n) is 15.7. The molecule has 1 aliphatic heterocycles. The van der Waals surface area contributed by atoms with Gasteiger partial charge in [-0.05, 0) is 52.3 Å². The highest BCUT2D eigenvalue weighted by Crippen LogP contribution is 2.37. The second kappa shape index (κ2) is 8.17. The number of benzene rings is 2. The van der Waals surface area contributed by atoms with Crippen LogP contribution >= 0.6 is 15.9 Å². The third kappa shape index (κ3) is 3.90. The first kappa shape index (κ1) is 19.9. The largest absolute Gasteiger partial charge is 0.497 e. The van der Waals surface area contributed by atoms with Crippen LogP contribution in [0.2, 0.25) is 0 Å². The van der Waals surface area contributed by atoms with Gasteiger partial charge in [0.05, 0.1) is 30.8 Å². The molecule has 0 radical (unpaired) electrons. The number of halogens is 1. The predicted octanol–water partition coefficient (Wildman–Crippen LogP) is 3.78. The van der Waals surface area contributed by atoms with Gasteiger partial charge in [-0.25, -0.2) is 8.42 Å². The summed E-state index contributed by atoms with van der Waals surface area (Å²) in [5.41, 5.74) is 0.679. The topological polar surface area (TPSA) is 81.9 Å². The maximum atomic E-state index is 13.4. The molecule has 7 nitrogen and oxygen atoms in total. The Morgan fingerprint density at radius 2 is 1.76 bits per heavy atom. The summed E-state index contributed by atoms with van der Waals surface area (Å²) < 4.78 is 44.1. The van der Waals surface area contributed by atoms with E-state index in [0.29, 0.717) is 37.6 Å². The van der Waals surface area contributed by atoms with Gasteiger partial charge in [0.2, 0.25) is 26.6 Å². The van der Waals surface area contributed by atoms with Crippen LogP contribution in [0.1, 0.15) is 0 Å². The minimum Gasteiger partial charge on any atom is -0.497 e. The van der Waals surface area contributed by atoms with Crippen molar-refractivity contribution < 1.29 is 22.3 Å². The number of oxazole rings is 1. The molecule has 152 valence electrons. The number of aromatic nitrogens is 1. The minimum absolute atomic E-state index is 0.102. The van der Waals surface area contributed by atoms with E-state index in [1.807, 2.05) is 29.2 Å². The van der Waals surface area contributed by atoms with Crippen molar-refractivity contribution >= 4 is 31.7 Å². The normalized spacial score (nSPS) is 14.8. The monoisotopic (exact) mass is 478 g/mol. The number of anilines is 1. The molecule has 0 amide bonds. The molecule has 0 atom stereocenters. The van der Waals surface area contributed by atoms with Crippen LogP contribution in [0, 0.1) is 0 Å². The van der Waals surface area contributed by atoms with Crippen LogP contribution in [0.15, 0.2) is 67.3 Å². The summed E-state index contributed by atoms with van der Waals surface area (Å²) >= 11 is 3.48. The quantitative estimate of drug-likeness (QED) is 0.551. The van der Waals surface area contributed by atoms with E-state index < -0.39 is 9.84 Å². The lowest BCUT2D eigenvalue weighted by molar-refractivity contribution is 0.120. The van der Waals surface area contributed by atoms with Crippen LogP contribution in [0.25, 0.3) is 11.5 Å². The summed E-state index contributed by atoms with van der Waals surface area (Å²) in [4.78, 5) is 6.39. The van der Waals surface area contributed by atoms with E-state index in [2.05, 4.69) is 20.9 Å². The zero-order chi connectivity index (χ0) is 20.4. The molecule has 1 fully saturated rings. The van der Waals surface area contributed by atoms with Crippen molar-refractivity contribution in [2.24, 2.45) is 0 Å². The molecular weight excluding hydrogens is 460 g/mol. The van der Waals surface area contributed by atoms with E-state index in [0.717, 1.165) is 4.47 Å². The Morgan fingerprint density at radius 1 is 1.07 bits per heavy atom. The highest BCUT2D eigenvalue weighted by Gasteiger charge is 2.32. The number of hydrogen-bond donors (Lipinski definition) is 0. The molecule has 3 aromatic rings. The van der Waals surface area contributed by atoms with Gasteiger partial charge in [-0.1, -0.05) is 12.1 Å². The van der Waals surface area contributed by atoms with Gasteiger partial charge in [0.25, 0.3) is 0 Å². The Bertz CT molecular complexity index is 1110. The molecule has 0 bridgehead atoms. The third-order valence-corrected chi connectivity index (χ3v) is 6.97. The van der Waals surface area contributed by atoms with E-state index in [4.69, 9.17) is 13.9 Å². The predicted molar refractivity (Wildman–Crippen MR) is 111 cm³/mol. The highest BCUT2D eigenvalue weighted by molar-refractivity contribution is 9.10. The van der Waals surface area contributed by atoms with Gasteiger partial charge in [-0.2, -0.15) is 4.98 Å². The van der Waals surface area contributed by atoms with Crippen LogP contribution in [-0.2, 0) is 14.6 Å². The first-order valence-corrected chi connectivity index (χ1v) is 11.3. The Hall–Kier alpha value is -2.36. The van der Waals surface area contributed by atoms with Gasteiger partial charge < -0.3 is 18.8 Å². The summed E-state index contributed by atoms with van der Waals surface area (Å²) in [5, 5.41) is -0.102. The van der Waals surface area contributed by atoms with Gasteiger partial charge in [0, 0.05) is 17.6 Å². The standard InChI is InChI=1S/C20H19BrN2O5S/c1-26-14-6-8-15(9-7-14)29(24,25)19-20(23-10-12-27-13-11-23)28-18(22-19)16-4-2-3-5-17(16)21/h2-9H,10-13H2,1H3. The molecular formula is C20H19BrN2O5S. The number of ether oxygens (including phenoxy) is 2. The average Bonchev–Trinajstić information content (AvgIpc) is 3.21. The van der Waals surface area contributed by atoms with Crippen LogP contribution in [-0.4, -0.2) is 46.8 Å². The van der Waals surface area contributed by atoms with Crippen molar-refractivity contribution in [2.75, 3.05) is 38.3 Å². The Balaban J connectivity index is 1.84. The molecule has 0 spiro atoms. The fourth-order valence-corrected chi connectivity index (χ4v) is 4.83. The average molecular weight is 479 g/mol. The Kier molecular flexibility index (Phi) is 5.62. The van der Waals surface area contributed by atoms with Gasteiger partial charge in [0.15, 0.2) is 0 Å². The Labute approximate surface area is 177 Å². The van der Waals surface area contributed by atoms with E-state index >= 15 is 0 Å². The highest BCUT2D eigenvalue weighted by atomic mass is 79.9. The van der Waals surface area contributed by atoms with E-state index in [1.165, 1.54) is 19.2 Å². The number of hydrogen-bond acceptors (Lipinski definition) is 7. The molecule has 1 saturated heterocycles. The van der Waals surface area contributed by atoms with E-state index in [-0.39, 0.29) is 21.7 Å². The van der Waals surface area contributed by atoms with Crippen LogP contribution in [0.5, 0.6) is 5.75 Å². The fraction of sp³-hybridized carbons (Fsp3) is 0.250. The van der Waals surface area contributed by atoms with Crippen molar-refractivity contribution in [1.29, 1.82) is 0 Å². The summed E-state index contributed by atoms with van der Waals surface area (Å²) in [6.45, 7) is 2.03. The van der Waals surface area contributed by atoms with Crippen LogP contribution in [0.3, 0.4) is 0 Å². The van der Waals surface area contributed by atoms with Crippen molar-refractivity contribution in [3.63, 3.8) is 0 Å². The van der Waals surface area contributed by atoms with Gasteiger partial charge in [-0.3, -0.25) is 0 Å². The molecule has 0 unspecified atom stereocenters. The SMILES string of the molecule is COc1ccc(S(=O)(=O)c2nc(-c3ccccc3Br)oc2N2CCOCC2)cc1. The fourth-order valence-electron chi connectivity index (χ4n) is 3.06. The lowest BCUT2D eigenvalue weighted by Crippen LogP contribution is -2.36. The number of sulfone groups is 1. The number of methoxy groups -OCH3 is 1. The second-order valence-electron chi connectivity index (χ2n) is 6.39. The summed E-state index contributed by atoms with van der Waals surface area (Å²) in [6, 6.07) is 13.6. The second-order valence-corrected chi connectivity index (χ2v) is 9.11. The van der Waals surface area contributed by atoms with Crippen molar-refractivity contribution in [1.82, 2.24) is 4.98 Å². The molecule has 9 heteroatoms. The van der Waals surface area contributed by atoms with Crippen molar-refractivity contribution in [3.8, 4) is 17.2 Å². The zero-order valence-corrected chi connectivity index (χ0v) is 18.1. The smallest absolute Gasteiger partial charge is 0.236 e.